The quantitative estimate of drug-likeness (QED) is 0.476. The molecule has 30 heavy (non-hydrogen) atoms. The Hall–Kier alpha value is -2.02. The van der Waals surface area contributed by atoms with Crippen LogP contribution in [0.4, 0.5) is 0 Å². The molecule has 5 nitrogen and oxygen atoms in total. The summed E-state index contributed by atoms with van der Waals surface area (Å²) in [6.45, 7) is 0.578. The summed E-state index contributed by atoms with van der Waals surface area (Å²) in [6, 6.07) is 15.7. The Kier molecular flexibility index (Phi) is 6.97. The first kappa shape index (κ1) is 21.2. The van der Waals surface area contributed by atoms with Crippen molar-refractivity contribution in [3.63, 3.8) is 0 Å². The third-order valence-electron chi connectivity index (χ3n) is 5.13. The second-order valence-corrected chi connectivity index (χ2v) is 9.13. The molecule has 1 fully saturated rings. The summed E-state index contributed by atoms with van der Waals surface area (Å²) >= 11 is 13.9. The zero-order valence-electron chi connectivity index (χ0n) is 16.4. The normalized spacial score (nSPS) is 14.2. The molecule has 1 aliphatic carbocycles. The molecule has 1 amide bonds. The van der Waals surface area contributed by atoms with Crippen LogP contribution >= 0.6 is 35.0 Å². The molecule has 1 saturated carbocycles. The second-order valence-electron chi connectivity index (χ2n) is 7.34. The van der Waals surface area contributed by atoms with Gasteiger partial charge in [-0.25, -0.2) is 0 Å². The van der Waals surface area contributed by atoms with Gasteiger partial charge < -0.3 is 5.32 Å². The number of halogens is 2. The molecule has 4 rings (SSSR count). The third-order valence-corrected chi connectivity index (χ3v) is 6.64. The Balaban J connectivity index is 1.57. The number of hydrogen-bond donors (Lipinski definition) is 1. The SMILES string of the molecule is O=C(CSc1nnc(-c2ccc(Cl)cc2Cl)n1Cc1ccccc1)NC1CCCC1. The summed E-state index contributed by atoms with van der Waals surface area (Å²) in [5.74, 6) is 0.990. The fourth-order valence-corrected chi connectivity index (χ4v) is 4.89. The van der Waals surface area contributed by atoms with Gasteiger partial charge in [0.25, 0.3) is 0 Å². The average molecular weight is 461 g/mol. The standard InChI is InChI=1S/C22H22Cl2N4OS/c23-16-10-11-18(19(24)12-16)21-26-27-22(28(21)13-15-6-2-1-3-7-15)30-14-20(29)25-17-8-4-5-9-17/h1-3,6-7,10-12,17H,4-5,8-9,13-14H2,(H,25,29). The monoisotopic (exact) mass is 460 g/mol. The molecule has 0 atom stereocenters. The average Bonchev–Trinajstić information content (AvgIpc) is 3.38. The molecule has 1 aliphatic rings. The fraction of sp³-hybridized carbons (Fsp3) is 0.318. The Labute approximate surface area is 190 Å². The van der Waals surface area contributed by atoms with Crippen molar-refractivity contribution in [2.24, 2.45) is 0 Å². The number of aromatic nitrogens is 3. The Morgan fingerprint density at radius 1 is 1.10 bits per heavy atom. The van der Waals surface area contributed by atoms with E-state index in [1.54, 1.807) is 12.1 Å². The molecule has 8 heteroatoms. The van der Waals surface area contributed by atoms with Crippen molar-refractivity contribution in [3.8, 4) is 11.4 Å². The Morgan fingerprint density at radius 3 is 2.60 bits per heavy atom. The van der Waals surface area contributed by atoms with Gasteiger partial charge in [-0.2, -0.15) is 0 Å². The van der Waals surface area contributed by atoms with E-state index in [4.69, 9.17) is 23.2 Å². The summed E-state index contributed by atoms with van der Waals surface area (Å²) < 4.78 is 2.00. The lowest BCUT2D eigenvalue weighted by Gasteiger charge is -2.13. The molecular formula is C22H22Cl2N4OS. The van der Waals surface area contributed by atoms with Crippen molar-refractivity contribution in [2.45, 2.75) is 43.4 Å². The van der Waals surface area contributed by atoms with Gasteiger partial charge in [-0.05, 0) is 36.6 Å². The molecule has 3 aromatic rings. The summed E-state index contributed by atoms with van der Waals surface area (Å²) in [5.41, 5.74) is 1.87. The maximum absolute atomic E-state index is 12.4. The number of hydrogen-bond acceptors (Lipinski definition) is 4. The number of carbonyl (C=O) groups is 1. The molecule has 156 valence electrons. The van der Waals surface area contributed by atoms with E-state index in [0.717, 1.165) is 24.0 Å². The van der Waals surface area contributed by atoms with Crippen LogP contribution < -0.4 is 5.32 Å². The van der Waals surface area contributed by atoms with Gasteiger partial charge in [0.15, 0.2) is 11.0 Å². The van der Waals surface area contributed by atoms with E-state index >= 15 is 0 Å². The molecular weight excluding hydrogens is 439 g/mol. The van der Waals surface area contributed by atoms with Crippen LogP contribution in [0.25, 0.3) is 11.4 Å². The van der Waals surface area contributed by atoms with Gasteiger partial charge in [0.1, 0.15) is 0 Å². The molecule has 1 aromatic heterocycles. The first-order valence-corrected chi connectivity index (χ1v) is 11.7. The van der Waals surface area contributed by atoms with Crippen LogP contribution in [-0.4, -0.2) is 32.5 Å². The van der Waals surface area contributed by atoms with Gasteiger partial charge in [-0.3, -0.25) is 9.36 Å². The maximum atomic E-state index is 12.4. The van der Waals surface area contributed by atoms with E-state index in [0.29, 0.717) is 39.4 Å². The predicted octanol–water partition coefficient (Wildman–Crippen LogP) is 5.45. The van der Waals surface area contributed by atoms with Crippen LogP contribution in [0.15, 0.2) is 53.7 Å². The number of amides is 1. The van der Waals surface area contributed by atoms with E-state index in [-0.39, 0.29) is 5.91 Å². The second kappa shape index (κ2) is 9.86. The summed E-state index contributed by atoms with van der Waals surface area (Å²) in [6.07, 6.45) is 4.52. The number of thioether (sulfide) groups is 1. The number of nitrogens with one attached hydrogen (secondary N) is 1. The molecule has 0 radical (unpaired) electrons. The van der Waals surface area contributed by atoms with Crippen molar-refractivity contribution in [2.75, 3.05) is 5.75 Å². The summed E-state index contributed by atoms with van der Waals surface area (Å²) in [4.78, 5) is 12.4. The zero-order chi connectivity index (χ0) is 20.9. The van der Waals surface area contributed by atoms with Crippen LogP contribution in [0.2, 0.25) is 10.0 Å². The lowest BCUT2D eigenvalue weighted by molar-refractivity contribution is -0.119. The van der Waals surface area contributed by atoms with Gasteiger partial charge in [0, 0.05) is 16.6 Å². The molecule has 0 bridgehead atoms. The van der Waals surface area contributed by atoms with E-state index in [1.807, 2.05) is 28.8 Å². The van der Waals surface area contributed by atoms with E-state index in [9.17, 15) is 4.79 Å². The minimum Gasteiger partial charge on any atom is -0.353 e. The maximum Gasteiger partial charge on any atom is 0.230 e. The lowest BCUT2D eigenvalue weighted by atomic mass is 10.2. The fourth-order valence-electron chi connectivity index (χ4n) is 3.64. The smallest absolute Gasteiger partial charge is 0.230 e. The third kappa shape index (κ3) is 5.17. The first-order valence-electron chi connectivity index (χ1n) is 9.95. The molecule has 0 spiro atoms. The highest BCUT2D eigenvalue weighted by molar-refractivity contribution is 7.99. The van der Waals surface area contributed by atoms with Crippen LogP contribution in [0.1, 0.15) is 31.2 Å². The Morgan fingerprint density at radius 2 is 1.87 bits per heavy atom. The molecule has 0 aliphatic heterocycles. The number of benzene rings is 2. The Bertz CT molecular complexity index is 1020. The van der Waals surface area contributed by atoms with Gasteiger partial charge in [0.05, 0.1) is 17.3 Å². The highest BCUT2D eigenvalue weighted by atomic mass is 35.5. The first-order chi connectivity index (χ1) is 14.6. The molecule has 0 unspecified atom stereocenters. The molecule has 1 heterocycles. The topological polar surface area (TPSA) is 59.8 Å². The van der Waals surface area contributed by atoms with Gasteiger partial charge in [-0.15, -0.1) is 10.2 Å². The number of carbonyl (C=O) groups excluding carboxylic acids is 1. The van der Waals surface area contributed by atoms with Crippen molar-refractivity contribution in [1.82, 2.24) is 20.1 Å². The zero-order valence-corrected chi connectivity index (χ0v) is 18.7. The van der Waals surface area contributed by atoms with Crippen LogP contribution in [-0.2, 0) is 11.3 Å². The van der Waals surface area contributed by atoms with Crippen molar-refractivity contribution in [3.05, 3.63) is 64.1 Å². The molecule has 1 N–H and O–H groups in total. The predicted molar refractivity (Wildman–Crippen MR) is 122 cm³/mol. The highest BCUT2D eigenvalue weighted by Crippen LogP contribution is 2.32. The van der Waals surface area contributed by atoms with Crippen LogP contribution in [0.5, 0.6) is 0 Å². The summed E-state index contributed by atoms with van der Waals surface area (Å²) in [7, 11) is 0. The van der Waals surface area contributed by atoms with Crippen molar-refractivity contribution in [1.29, 1.82) is 0 Å². The molecule has 2 aromatic carbocycles. The van der Waals surface area contributed by atoms with Gasteiger partial charge >= 0.3 is 0 Å². The van der Waals surface area contributed by atoms with E-state index in [1.165, 1.54) is 24.6 Å². The van der Waals surface area contributed by atoms with E-state index < -0.39 is 0 Å². The van der Waals surface area contributed by atoms with Crippen LogP contribution in [0, 0.1) is 0 Å². The molecule has 0 saturated heterocycles. The van der Waals surface area contributed by atoms with Crippen LogP contribution in [0.3, 0.4) is 0 Å². The van der Waals surface area contributed by atoms with Gasteiger partial charge in [-0.1, -0.05) is 78.1 Å². The highest BCUT2D eigenvalue weighted by Gasteiger charge is 2.20. The lowest BCUT2D eigenvalue weighted by Crippen LogP contribution is -2.33. The van der Waals surface area contributed by atoms with E-state index in [2.05, 4.69) is 27.6 Å². The minimum absolute atomic E-state index is 0.0345. The largest absolute Gasteiger partial charge is 0.353 e. The number of rotatable bonds is 7. The summed E-state index contributed by atoms with van der Waals surface area (Å²) in [5, 5.41) is 13.6. The van der Waals surface area contributed by atoms with Crippen molar-refractivity contribution >= 4 is 40.9 Å². The number of nitrogens with zero attached hydrogens (tertiary/aromatic N) is 3. The van der Waals surface area contributed by atoms with Gasteiger partial charge in [0.2, 0.25) is 5.91 Å². The minimum atomic E-state index is 0.0345. The van der Waals surface area contributed by atoms with Crippen molar-refractivity contribution < 1.29 is 4.79 Å².